The molecule has 1 N–H and O–H groups in total. The lowest BCUT2D eigenvalue weighted by atomic mass is 9.98. The minimum absolute atomic E-state index is 0.0505. The largest absolute Gasteiger partial charge is 0.478 e. The fraction of sp³-hybridized carbons (Fsp3) is 0.150. The number of carbonyl (C=O) groups excluding carboxylic acids is 2. The van der Waals surface area contributed by atoms with Gasteiger partial charge in [0.25, 0.3) is 11.8 Å². The number of benzene rings is 2. The summed E-state index contributed by atoms with van der Waals surface area (Å²) >= 11 is 0. The molecule has 126 valence electrons. The Morgan fingerprint density at radius 3 is 2.44 bits per heavy atom. The molecular formula is C20H17NO4. The van der Waals surface area contributed by atoms with Gasteiger partial charge in [0.15, 0.2) is 0 Å². The fourth-order valence-corrected chi connectivity index (χ4v) is 3.23. The number of carboxylic acid groups (broad SMARTS) is 1. The summed E-state index contributed by atoms with van der Waals surface area (Å²) < 4.78 is 0. The zero-order valence-electron chi connectivity index (χ0n) is 14.0. The quantitative estimate of drug-likeness (QED) is 0.685. The molecule has 0 saturated heterocycles. The minimum atomic E-state index is -1.23. The van der Waals surface area contributed by atoms with Crippen LogP contribution >= 0.6 is 0 Å². The van der Waals surface area contributed by atoms with Crippen molar-refractivity contribution in [3.8, 4) is 0 Å². The number of carbonyl (C=O) groups is 3. The maximum Gasteiger partial charge on any atom is 0.336 e. The normalized spacial score (nSPS) is 13.1. The van der Waals surface area contributed by atoms with Crippen LogP contribution in [0.15, 0.2) is 43.0 Å². The molecule has 5 nitrogen and oxygen atoms in total. The smallest absolute Gasteiger partial charge is 0.336 e. The lowest BCUT2D eigenvalue weighted by Crippen LogP contribution is -2.31. The Kier molecular flexibility index (Phi) is 4.00. The van der Waals surface area contributed by atoms with E-state index in [1.807, 2.05) is 26.0 Å². The number of amides is 2. The molecule has 25 heavy (non-hydrogen) atoms. The SMILES string of the molecule is C=CCc1c(C)ccc(C)c1N1C(=O)c2cccc(C(=O)O)c2C1=O. The molecule has 2 aromatic carbocycles. The lowest BCUT2D eigenvalue weighted by molar-refractivity contribution is 0.0692. The van der Waals surface area contributed by atoms with E-state index in [2.05, 4.69) is 6.58 Å². The third-order valence-corrected chi connectivity index (χ3v) is 4.44. The van der Waals surface area contributed by atoms with E-state index in [-0.39, 0.29) is 16.7 Å². The number of allylic oxidation sites excluding steroid dienone is 1. The van der Waals surface area contributed by atoms with Crippen molar-refractivity contribution in [3.05, 3.63) is 76.4 Å². The molecule has 0 radical (unpaired) electrons. The summed E-state index contributed by atoms with van der Waals surface area (Å²) in [7, 11) is 0. The number of carboxylic acids is 1. The first-order valence-corrected chi connectivity index (χ1v) is 7.83. The number of rotatable bonds is 4. The Bertz CT molecular complexity index is 943. The average molecular weight is 335 g/mol. The number of aromatic carboxylic acids is 1. The molecule has 1 heterocycles. The van der Waals surface area contributed by atoms with Crippen LogP contribution in [-0.2, 0) is 6.42 Å². The molecule has 2 aromatic rings. The van der Waals surface area contributed by atoms with Gasteiger partial charge >= 0.3 is 5.97 Å². The average Bonchev–Trinajstić information content (AvgIpc) is 2.83. The summed E-state index contributed by atoms with van der Waals surface area (Å²) in [4.78, 5) is 38.4. The molecule has 1 aliphatic heterocycles. The van der Waals surface area contributed by atoms with Crippen LogP contribution in [0.2, 0.25) is 0 Å². The molecular weight excluding hydrogens is 318 g/mol. The molecule has 1 aliphatic rings. The maximum atomic E-state index is 13.0. The van der Waals surface area contributed by atoms with Crippen molar-refractivity contribution in [3.63, 3.8) is 0 Å². The third-order valence-electron chi connectivity index (χ3n) is 4.44. The van der Waals surface area contributed by atoms with E-state index < -0.39 is 17.8 Å². The summed E-state index contributed by atoms with van der Waals surface area (Å²) in [5.41, 5.74) is 2.97. The van der Waals surface area contributed by atoms with Crippen LogP contribution < -0.4 is 4.90 Å². The number of nitrogens with zero attached hydrogens (tertiary/aromatic N) is 1. The van der Waals surface area contributed by atoms with E-state index in [4.69, 9.17) is 0 Å². The molecule has 5 heteroatoms. The van der Waals surface area contributed by atoms with Gasteiger partial charge in [-0.2, -0.15) is 0 Å². The number of aryl methyl sites for hydroxylation is 2. The first-order chi connectivity index (χ1) is 11.9. The summed E-state index contributed by atoms with van der Waals surface area (Å²) in [6, 6.07) is 8.08. The van der Waals surface area contributed by atoms with Crippen LogP contribution in [0.4, 0.5) is 5.69 Å². The summed E-state index contributed by atoms with van der Waals surface area (Å²) in [6.45, 7) is 7.47. The van der Waals surface area contributed by atoms with Gasteiger partial charge in [-0.1, -0.05) is 24.3 Å². The Morgan fingerprint density at radius 2 is 1.80 bits per heavy atom. The van der Waals surface area contributed by atoms with Crippen molar-refractivity contribution >= 4 is 23.5 Å². The van der Waals surface area contributed by atoms with Gasteiger partial charge < -0.3 is 5.11 Å². The van der Waals surface area contributed by atoms with Gasteiger partial charge in [-0.15, -0.1) is 6.58 Å². The molecule has 0 aromatic heterocycles. The van der Waals surface area contributed by atoms with Crippen molar-refractivity contribution in [2.24, 2.45) is 0 Å². The summed E-state index contributed by atoms with van der Waals surface area (Å²) in [5, 5.41) is 9.35. The first kappa shape index (κ1) is 16.6. The van der Waals surface area contributed by atoms with Gasteiger partial charge in [-0.25, -0.2) is 9.69 Å². The second-order valence-electron chi connectivity index (χ2n) is 6.00. The van der Waals surface area contributed by atoms with Crippen molar-refractivity contribution < 1.29 is 19.5 Å². The number of hydrogen-bond donors (Lipinski definition) is 1. The fourth-order valence-electron chi connectivity index (χ4n) is 3.23. The zero-order chi connectivity index (χ0) is 18.3. The Balaban J connectivity index is 2.25. The van der Waals surface area contributed by atoms with Gasteiger partial charge in [0.1, 0.15) is 0 Å². The van der Waals surface area contributed by atoms with E-state index in [1.54, 1.807) is 6.08 Å². The second-order valence-corrected chi connectivity index (χ2v) is 6.00. The van der Waals surface area contributed by atoms with Crippen LogP contribution in [0.3, 0.4) is 0 Å². The number of fused-ring (bicyclic) bond motifs is 1. The molecule has 2 amide bonds. The standard InChI is InChI=1S/C20H17NO4/c1-4-6-13-11(2)9-10-12(3)17(13)21-18(22)14-7-5-8-15(20(24)25)16(14)19(21)23/h4-5,7-10H,1,6H2,2-3H3,(H,24,25). The Morgan fingerprint density at radius 1 is 1.12 bits per heavy atom. The van der Waals surface area contributed by atoms with E-state index >= 15 is 0 Å². The van der Waals surface area contributed by atoms with Gasteiger partial charge in [-0.3, -0.25) is 9.59 Å². The summed E-state index contributed by atoms with van der Waals surface area (Å²) in [5.74, 6) is -2.33. The predicted octanol–water partition coefficient (Wildman–Crippen LogP) is 3.53. The highest BCUT2D eigenvalue weighted by atomic mass is 16.4. The Labute approximate surface area is 145 Å². The van der Waals surface area contributed by atoms with Crippen molar-refractivity contribution in [1.82, 2.24) is 0 Å². The highest BCUT2D eigenvalue weighted by molar-refractivity contribution is 6.36. The van der Waals surface area contributed by atoms with Gasteiger partial charge in [0, 0.05) is 0 Å². The highest BCUT2D eigenvalue weighted by Gasteiger charge is 2.41. The Hall–Kier alpha value is -3.21. The van der Waals surface area contributed by atoms with E-state index in [9.17, 15) is 19.5 Å². The topological polar surface area (TPSA) is 74.7 Å². The third kappa shape index (κ3) is 2.45. The van der Waals surface area contributed by atoms with Crippen LogP contribution in [-0.4, -0.2) is 22.9 Å². The highest BCUT2D eigenvalue weighted by Crippen LogP contribution is 2.36. The molecule has 0 atom stereocenters. The van der Waals surface area contributed by atoms with Crippen LogP contribution in [0.25, 0.3) is 0 Å². The molecule has 3 rings (SSSR count). The zero-order valence-corrected chi connectivity index (χ0v) is 14.0. The first-order valence-electron chi connectivity index (χ1n) is 7.83. The summed E-state index contributed by atoms with van der Waals surface area (Å²) in [6.07, 6.45) is 2.22. The van der Waals surface area contributed by atoms with E-state index in [0.717, 1.165) is 21.6 Å². The predicted molar refractivity (Wildman–Crippen MR) is 94.4 cm³/mol. The molecule has 0 saturated carbocycles. The molecule has 0 unspecified atom stereocenters. The van der Waals surface area contributed by atoms with Gasteiger partial charge in [-0.05, 0) is 49.1 Å². The number of imide groups is 1. The molecule has 0 spiro atoms. The van der Waals surface area contributed by atoms with Crippen LogP contribution in [0, 0.1) is 13.8 Å². The number of hydrogen-bond acceptors (Lipinski definition) is 3. The lowest BCUT2D eigenvalue weighted by Gasteiger charge is -2.22. The molecule has 0 bridgehead atoms. The van der Waals surface area contributed by atoms with E-state index in [1.165, 1.54) is 18.2 Å². The number of anilines is 1. The van der Waals surface area contributed by atoms with Crippen molar-refractivity contribution in [1.29, 1.82) is 0 Å². The second kappa shape index (κ2) is 6.02. The van der Waals surface area contributed by atoms with Gasteiger partial charge in [0.2, 0.25) is 0 Å². The monoisotopic (exact) mass is 335 g/mol. The van der Waals surface area contributed by atoms with Crippen LogP contribution in [0.1, 0.15) is 47.8 Å². The van der Waals surface area contributed by atoms with Crippen LogP contribution in [0.5, 0.6) is 0 Å². The van der Waals surface area contributed by atoms with Crippen molar-refractivity contribution in [2.75, 3.05) is 4.90 Å². The maximum absolute atomic E-state index is 13.0. The minimum Gasteiger partial charge on any atom is -0.478 e. The van der Waals surface area contributed by atoms with Crippen molar-refractivity contribution in [2.45, 2.75) is 20.3 Å². The molecule has 0 aliphatic carbocycles. The molecule has 0 fully saturated rings. The van der Waals surface area contributed by atoms with Gasteiger partial charge in [0.05, 0.1) is 22.4 Å². The van der Waals surface area contributed by atoms with E-state index in [0.29, 0.717) is 12.1 Å².